The van der Waals surface area contributed by atoms with Crippen LogP contribution in [-0.2, 0) is 0 Å². The Bertz CT molecular complexity index is 582. The van der Waals surface area contributed by atoms with Gasteiger partial charge in [0.25, 0.3) is 0 Å². The van der Waals surface area contributed by atoms with Crippen molar-refractivity contribution < 1.29 is 0 Å². The van der Waals surface area contributed by atoms with E-state index in [0.29, 0.717) is 0 Å². The Labute approximate surface area is 128 Å². The van der Waals surface area contributed by atoms with E-state index in [1.165, 1.54) is 10.6 Å². The van der Waals surface area contributed by atoms with E-state index < -0.39 is 7.26 Å². The van der Waals surface area contributed by atoms with Crippen molar-refractivity contribution in [3.8, 4) is 0 Å². The molecule has 2 aromatic rings. The van der Waals surface area contributed by atoms with Crippen molar-refractivity contribution in [3.63, 3.8) is 0 Å². The van der Waals surface area contributed by atoms with Crippen molar-refractivity contribution in [1.82, 2.24) is 0 Å². The fourth-order valence-electron chi connectivity index (χ4n) is 2.42. The molecule has 0 fully saturated rings. The summed E-state index contributed by atoms with van der Waals surface area (Å²) in [4.78, 5) is 0. The topological polar surface area (TPSA) is 0 Å². The summed E-state index contributed by atoms with van der Waals surface area (Å²) in [5.74, 6) is 2.40. The second-order valence-corrected chi connectivity index (χ2v) is 9.10. The Morgan fingerprint density at radius 1 is 0.667 bits per heavy atom. The van der Waals surface area contributed by atoms with Gasteiger partial charge in [-0.15, -0.1) is 0 Å². The normalized spacial score (nSPS) is 13.4. The molecular weight excluding hydrogens is 271 g/mol. The van der Waals surface area contributed by atoms with Crippen molar-refractivity contribution in [3.05, 3.63) is 96.9 Å². The van der Waals surface area contributed by atoms with Gasteiger partial charge in [0.2, 0.25) is 0 Å². The minimum atomic E-state index is -1.82. The monoisotopic (exact) mass is 294 g/mol. The molecular formula is C20H23P. The molecule has 0 saturated heterocycles. The molecule has 0 heterocycles. The second kappa shape index (κ2) is 7.76. The van der Waals surface area contributed by atoms with Gasteiger partial charge >= 0.3 is 128 Å². The zero-order chi connectivity index (χ0) is 15.0. The predicted molar refractivity (Wildman–Crippen MR) is 99.5 cm³/mol. The van der Waals surface area contributed by atoms with E-state index in [9.17, 15) is 0 Å². The van der Waals surface area contributed by atoms with Crippen LogP contribution in [0.4, 0.5) is 0 Å². The van der Waals surface area contributed by atoms with Crippen LogP contribution >= 0.6 is 7.26 Å². The zero-order valence-corrected chi connectivity index (χ0v) is 13.7. The first-order valence-corrected chi connectivity index (χ1v) is 9.93. The Hall–Kier alpha value is -1.91. The molecule has 0 aliphatic carbocycles. The quantitative estimate of drug-likeness (QED) is 0.555. The number of hydrogen-bond donors (Lipinski definition) is 0. The molecule has 0 aliphatic rings. The van der Waals surface area contributed by atoms with Gasteiger partial charge in [-0.3, -0.25) is 0 Å². The molecule has 0 N–H and O–H groups in total. The van der Waals surface area contributed by atoms with Gasteiger partial charge in [-0.2, -0.15) is 0 Å². The Balaban J connectivity index is 2.40. The maximum absolute atomic E-state index is 2.40. The van der Waals surface area contributed by atoms with Crippen molar-refractivity contribution in [2.75, 3.05) is 6.66 Å². The molecule has 0 radical (unpaired) electrons. The number of rotatable bonds is 5. The van der Waals surface area contributed by atoms with Gasteiger partial charge < -0.3 is 0 Å². The Kier molecular flexibility index (Phi) is 5.72. The molecule has 0 bridgehead atoms. The van der Waals surface area contributed by atoms with Crippen molar-refractivity contribution >= 4 is 17.9 Å². The fourth-order valence-corrected chi connectivity index (χ4v) is 5.40. The molecule has 0 unspecified atom stereocenters. The van der Waals surface area contributed by atoms with Crippen LogP contribution in [0.25, 0.3) is 0 Å². The van der Waals surface area contributed by atoms with Crippen LogP contribution in [0, 0.1) is 0 Å². The van der Waals surface area contributed by atoms with Gasteiger partial charge in [0, 0.05) is 0 Å². The summed E-state index contributed by atoms with van der Waals surface area (Å²) < 4.78 is 0. The van der Waals surface area contributed by atoms with E-state index >= 15 is 0 Å². The average Bonchev–Trinajstić information content (AvgIpc) is 2.56. The van der Waals surface area contributed by atoms with Crippen LogP contribution in [0.5, 0.6) is 0 Å². The first-order chi connectivity index (χ1) is 10.3. The molecule has 2 aromatic carbocycles. The van der Waals surface area contributed by atoms with Crippen LogP contribution < -0.4 is 10.6 Å². The zero-order valence-electron chi connectivity index (χ0n) is 12.7. The Morgan fingerprint density at radius 3 is 1.62 bits per heavy atom. The molecule has 0 atom stereocenters. The van der Waals surface area contributed by atoms with E-state index in [1.54, 1.807) is 0 Å². The second-order valence-electron chi connectivity index (χ2n) is 5.20. The fraction of sp³-hybridized carbons (Fsp3) is 0.100. The molecule has 0 aliphatic heterocycles. The summed E-state index contributed by atoms with van der Waals surface area (Å²) in [5.41, 5.74) is 0. The van der Waals surface area contributed by atoms with E-state index in [-0.39, 0.29) is 0 Å². The molecule has 0 amide bonds. The maximum atomic E-state index is 2.40. The molecule has 0 nitrogen and oxygen atoms in total. The van der Waals surface area contributed by atoms with E-state index in [0.717, 1.165) is 0 Å². The molecule has 0 spiro atoms. The van der Waals surface area contributed by atoms with Gasteiger partial charge in [0.15, 0.2) is 0 Å². The summed E-state index contributed by atoms with van der Waals surface area (Å²) in [7, 11) is -1.82. The van der Waals surface area contributed by atoms with Crippen LogP contribution in [0.2, 0.25) is 0 Å². The van der Waals surface area contributed by atoms with Crippen LogP contribution in [0.3, 0.4) is 0 Å². The third-order valence-electron chi connectivity index (χ3n) is 3.70. The summed E-state index contributed by atoms with van der Waals surface area (Å²) in [5, 5.41) is 2.87. The molecule has 21 heavy (non-hydrogen) atoms. The first-order valence-electron chi connectivity index (χ1n) is 7.35. The van der Waals surface area contributed by atoms with Gasteiger partial charge in [0.05, 0.1) is 0 Å². The van der Waals surface area contributed by atoms with E-state index in [2.05, 4.69) is 91.4 Å². The van der Waals surface area contributed by atoms with Gasteiger partial charge in [-0.25, -0.2) is 0 Å². The summed E-state index contributed by atoms with van der Waals surface area (Å²) in [6, 6.07) is 21.7. The van der Waals surface area contributed by atoms with E-state index in [1.807, 2.05) is 19.1 Å². The minimum absolute atomic E-state index is 1.44. The Morgan fingerprint density at radius 2 is 1.14 bits per heavy atom. The van der Waals surface area contributed by atoms with Gasteiger partial charge in [0.1, 0.15) is 0 Å². The molecule has 1 heteroatoms. The van der Waals surface area contributed by atoms with Crippen molar-refractivity contribution in [2.24, 2.45) is 0 Å². The average molecular weight is 294 g/mol. The summed E-state index contributed by atoms with van der Waals surface area (Å²) >= 11 is 0. The van der Waals surface area contributed by atoms with Crippen molar-refractivity contribution in [2.45, 2.75) is 6.92 Å². The molecule has 108 valence electrons. The summed E-state index contributed by atoms with van der Waals surface area (Å²) in [6.45, 7) is 4.43. The first kappa shape index (κ1) is 15.5. The van der Waals surface area contributed by atoms with Gasteiger partial charge in [-0.05, 0) is 0 Å². The van der Waals surface area contributed by atoms with Crippen LogP contribution in [-0.4, -0.2) is 6.66 Å². The third kappa shape index (κ3) is 4.03. The van der Waals surface area contributed by atoms with Crippen molar-refractivity contribution in [1.29, 1.82) is 0 Å². The van der Waals surface area contributed by atoms with E-state index in [4.69, 9.17) is 0 Å². The SMILES string of the molecule is C\C=C/C=C\C=C\[PH](C)(c1ccccc1)c1ccccc1. The van der Waals surface area contributed by atoms with Crippen LogP contribution in [0.15, 0.2) is 96.9 Å². The van der Waals surface area contributed by atoms with Crippen LogP contribution in [0.1, 0.15) is 6.92 Å². The molecule has 0 saturated carbocycles. The molecule has 0 aromatic heterocycles. The number of hydrogen-bond acceptors (Lipinski definition) is 0. The van der Waals surface area contributed by atoms with Gasteiger partial charge in [-0.1, -0.05) is 0 Å². The standard InChI is InChI=1S/C20H23P/c1-3-4-5-6-13-18-21(2,19-14-9-7-10-15-19)20-16-11-8-12-17-20/h3-18,21H,1-2H3/b4-3-,6-5-,18-13+. The third-order valence-corrected chi connectivity index (χ3v) is 7.63. The predicted octanol–water partition coefficient (Wildman–Crippen LogP) is 4.66. The number of allylic oxidation sites excluding steroid dienone is 5. The summed E-state index contributed by atoms with van der Waals surface area (Å²) in [6.07, 6.45) is 10.5. The number of benzene rings is 2. The molecule has 2 rings (SSSR count).